The van der Waals surface area contributed by atoms with Crippen LogP contribution in [0.5, 0.6) is 5.75 Å². The third-order valence-electron chi connectivity index (χ3n) is 2.99. The number of esters is 1. The zero-order valence-corrected chi connectivity index (χ0v) is 16.0. The summed E-state index contributed by atoms with van der Waals surface area (Å²) in [6, 6.07) is 11.8. The number of halogens is 3. The lowest BCUT2D eigenvalue weighted by Gasteiger charge is -2.10. The van der Waals surface area contributed by atoms with Crippen molar-refractivity contribution in [3.8, 4) is 5.75 Å². The van der Waals surface area contributed by atoms with Crippen molar-refractivity contribution in [3.05, 3.63) is 62.5 Å². The second kappa shape index (κ2) is 9.65. The minimum atomic E-state index is -0.572. The Hall–Kier alpha value is -1.76. The first kappa shape index (κ1) is 19.6. The van der Waals surface area contributed by atoms with Crippen LogP contribution >= 0.6 is 39.1 Å². The number of carbonyl (C=O) groups is 2. The molecule has 2 rings (SSSR count). The van der Waals surface area contributed by atoms with Crippen molar-refractivity contribution in [1.29, 1.82) is 0 Å². The summed E-state index contributed by atoms with van der Waals surface area (Å²) in [6.45, 7) is -0.139. The average Bonchev–Trinajstić information content (AvgIpc) is 2.58. The fourth-order valence-electron chi connectivity index (χ4n) is 1.85. The highest BCUT2D eigenvalue weighted by molar-refractivity contribution is 9.10. The van der Waals surface area contributed by atoms with Crippen LogP contribution in [0.15, 0.2) is 46.9 Å². The first-order chi connectivity index (χ1) is 12.0. The lowest BCUT2D eigenvalue weighted by Crippen LogP contribution is -2.31. The van der Waals surface area contributed by atoms with E-state index in [-0.39, 0.29) is 25.7 Å². The maximum Gasteiger partial charge on any atom is 0.325 e. The van der Waals surface area contributed by atoms with E-state index in [1.165, 1.54) is 0 Å². The molecule has 8 heteroatoms. The molecule has 0 saturated heterocycles. The number of hydrogen-bond acceptors (Lipinski definition) is 4. The molecule has 0 fully saturated rings. The van der Waals surface area contributed by atoms with E-state index in [9.17, 15) is 9.59 Å². The van der Waals surface area contributed by atoms with E-state index >= 15 is 0 Å². The minimum Gasteiger partial charge on any atom is -0.487 e. The predicted octanol–water partition coefficient (Wildman–Crippen LogP) is 4.11. The molecule has 5 nitrogen and oxygen atoms in total. The number of para-hydroxylation sites is 1. The standard InChI is InChI=1S/C17H14BrCl2NO4/c18-12-4-1-3-11(9-12)17(23)21-10-15(22)24-7-8-25-16-13(19)5-2-6-14(16)20/h1-6,9H,7-8,10H2,(H,21,23). The number of carbonyl (C=O) groups excluding carboxylic acids is 2. The van der Waals surface area contributed by atoms with E-state index in [0.29, 0.717) is 21.4 Å². The summed E-state index contributed by atoms with van der Waals surface area (Å²) in [5.41, 5.74) is 0.443. The van der Waals surface area contributed by atoms with Gasteiger partial charge in [-0.05, 0) is 30.3 Å². The van der Waals surface area contributed by atoms with Crippen LogP contribution in [0.25, 0.3) is 0 Å². The van der Waals surface area contributed by atoms with Crippen molar-refractivity contribution in [2.75, 3.05) is 19.8 Å². The Morgan fingerprint density at radius 1 is 1.04 bits per heavy atom. The first-order valence-corrected chi connectivity index (χ1v) is 8.78. The van der Waals surface area contributed by atoms with Crippen LogP contribution < -0.4 is 10.1 Å². The van der Waals surface area contributed by atoms with Crippen LogP contribution in [0.3, 0.4) is 0 Å². The Bertz CT molecular complexity index is 750. The topological polar surface area (TPSA) is 64.6 Å². The largest absolute Gasteiger partial charge is 0.487 e. The van der Waals surface area contributed by atoms with Gasteiger partial charge < -0.3 is 14.8 Å². The molecule has 1 amide bonds. The highest BCUT2D eigenvalue weighted by Crippen LogP contribution is 2.32. The van der Waals surface area contributed by atoms with Crippen molar-refractivity contribution in [3.63, 3.8) is 0 Å². The van der Waals surface area contributed by atoms with Crippen molar-refractivity contribution >= 4 is 51.0 Å². The fourth-order valence-corrected chi connectivity index (χ4v) is 2.76. The molecular weight excluding hydrogens is 433 g/mol. The molecule has 0 saturated carbocycles. The van der Waals surface area contributed by atoms with Gasteiger partial charge >= 0.3 is 5.97 Å². The van der Waals surface area contributed by atoms with Gasteiger partial charge in [0.05, 0.1) is 10.0 Å². The molecule has 1 N–H and O–H groups in total. The molecule has 0 bridgehead atoms. The van der Waals surface area contributed by atoms with E-state index in [0.717, 1.165) is 4.47 Å². The van der Waals surface area contributed by atoms with Crippen LogP contribution in [0.2, 0.25) is 10.0 Å². The minimum absolute atomic E-state index is 0.00708. The Labute approximate surface area is 163 Å². The number of amides is 1. The van der Waals surface area contributed by atoms with Gasteiger partial charge in [0.25, 0.3) is 5.91 Å². The number of rotatable bonds is 7. The summed E-state index contributed by atoms with van der Waals surface area (Å²) in [5, 5.41) is 3.24. The summed E-state index contributed by atoms with van der Waals surface area (Å²) in [7, 11) is 0. The summed E-state index contributed by atoms with van der Waals surface area (Å²) in [4.78, 5) is 23.5. The second-order valence-electron chi connectivity index (χ2n) is 4.81. The van der Waals surface area contributed by atoms with Crippen LogP contribution in [0.1, 0.15) is 10.4 Å². The molecule has 25 heavy (non-hydrogen) atoms. The summed E-state index contributed by atoms with van der Waals surface area (Å²) in [5.74, 6) is -0.598. The third kappa shape index (κ3) is 6.23. The SMILES string of the molecule is O=C(CNC(=O)c1cccc(Br)c1)OCCOc1c(Cl)cccc1Cl. The van der Waals surface area contributed by atoms with Gasteiger partial charge in [-0.3, -0.25) is 9.59 Å². The van der Waals surface area contributed by atoms with E-state index < -0.39 is 5.97 Å². The molecule has 132 valence electrons. The van der Waals surface area contributed by atoms with Gasteiger partial charge in [0.1, 0.15) is 19.8 Å². The maximum absolute atomic E-state index is 11.9. The van der Waals surface area contributed by atoms with Gasteiger partial charge in [-0.25, -0.2) is 0 Å². The molecule has 0 heterocycles. The highest BCUT2D eigenvalue weighted by atomic mass is 79.9. The Morgan fingerprint density at radius 2 is 1.72 bits per heavy atom. The quantitative estimate of drug-likeness (QED) is 0.513. The summed E-state index contributed by atoms with van der Waals surface area (Å²) in [6.07, 6.45) is 0. The highest BCUT2D eigenvalue weighted by Gasteiger charge is 2.10. The number of nitrogens with one attached hydrogen (secondary N) is 1. The van der Waals surface area contributed by atoms with Gasteiger partial charge in [0, 0.05) is 10.0 Å². The molecule has 0 unspecified atom stereocenters. The monoisotopic (exact) mass is 445 g/mol. The first-order valence-electron chi connectivity index (χ1n) is 7.23. The van der Waals surface area contributed by atoms with Crippen molar-refractivity contribution in [2.45, 2.75) is 0 Å². The lowest BCUT2D eigenvalue weighted by atomic mass is 10.2. The molecule has 0 spiro atoms. The molecule has 0 radical (unpaired) electrons. The fraction of sp³-hybridized carbons (Fsp3) is 0.176. The maximum atomic E-state index is 11.9. The van der Waals surface area contributed by atoms with Gasteiger partial charge in [0.2, 0.25) is 0 Å². The van der Waals surface area contributed by atoms with E-state index in [1.807, 2.05) is 0 Å². The van der Waals surface area contributed by atoms with E-state index in [1.54, 1.807) is 42.5 Å². The van der Waals surface area contributed by atoms with Crippen molar-refractivity contribution < 1.29 is 19.1 Å². The Kier molecular flexibility index (Phi) is 7.55. The molecular formula is C17H14BrCl2NO4. The second-order valence-corrected chi connectivity index (χ2v) is 6.54. The molecule has 0 aromatic heterocycles. The molecule has 2 aromatic rings. The van der Waals surface area contributed by atoms with Gasteiger partial charge in [-0.2, -0.15) is 0 Å². The van der Waals surface area contributed by atoms with E-state index in [2.05, 4.69) is 21.2 Å². The average molecular weight is 447 g/mol. The van der Waals surface area contributed by atoms with Gasteiger partial charge in [-0.15, -0.1) is 0 Å². The summed E-state index contributed by atoms with van der Waals surface area (Å²) < 4.78 is 11.1. The summed E-state index contributed by atoms with van der Waals surface area (Å²) >= 11 is 15.2. The van der Waals surface area contributed by atoms with Crippen molar-refractivity contribution in [1.82, 2.24) is 5.32 Å². The predicted molar refractivity (Wildman–Crippen MR) is 99.4 cm³/mol. The Balaban J connectivity index is 1.70. The van der Waals surface area contributed by atoms with Crippen LogP contribution in [0, 0.1) is 0 Å². The van der Waals surface area contributed by atoms with Gasteiger partial charge in [-0.1, -0.05) is 51.3 Å². The molecule has 0 aliphatic heterocycles. The number of hydrogen-bond donors (Lipinski definition) is 1. The number of ether oxygens (including phenoxy) is 2. The smallest absolute Gasteiger partial charge is 0.325 e. The van der Waals surface area contributed by atoms with Crippen molar-refractivity contribution in [2.24, 2.45) is 0 Å². The molecule has 0 atom stereocenters. The van der Waals surface area contributed by atoms with E-state index in [4.69, 9.17) is 32.7 Å². The normalized spacial score (nSPS) is 10.2. The van der Waals surface area contributed by atoms with Crippen LogP contribution in [0.4, 0.5) is 0 Å². The third-order valence-corrected chi connectivity index (χ3v) is 4.08. The van der Waals surface area contributed by atoms with Gasteiger partial charge in [0.15, 0.2) is 5.75 Å². The molecule has 0 aliphatic carbocycles. The molecule has 0 aliphatic rings. The lowest BCUT2D eigenvalue weighted by molar-refractivity contribution is -0.143. The number of benzene rings is 2. The van der Waals surface area contributed by atoms with Crippen LogP contribution in [-0.4, -0.2) is 31.6 Å². The zero-order valence-electron chi connectivity index (χ0n) is 12.9. The zero-order chi connectivity index (χ0) is 18.2. The Morgan fingerprint density at radius 3 is 2.40 bits per heavy atom. The van der Waals surface area contributed by atoms with Crippen LogP contribution in [-0.2, 0) is 9.53 Å². The molecule has 2 aromatic carbocycles.